The maximum Gasteiger partial charge on any atom is 0.251 e. The van der Waals surface area contributed by atoms with Crippen molar-refractivity contribution in [2.45, 2.75) is 36.7 Å². The fourth-order valence-corrected chi connectivity index (χ4v) is 4.20. The third-order valence-corrected chi connectivity index (χ3v) is 6.23. The van der Waals surface area contributed by atoms with Gasteiger partial charge in [-0.05, 0) is 55.5 Å². The predicted molar refractivity (Wildman–Crippen MR) is 90.0 cm³/mol. The van der Waals surface area contributed by atoms with E-state index in [1.807, 2.05) is 24.4 Å². The average molecular weight is 350 g/mol. The number of carbonyl (C=O) groups is 1. The molecule has 7 heteroatoms. The molecule has 1 amide bonds. The van der Waals surface area contributed by atoms with Crippen LogP contribution in [-0.4, -0.2) is 20.4 Å². The van der Waals surface area contributed by atoms with E-state index in [0.717, 1.165) is 17.7 Å². The summed E-state index contributed by atoms with van der Waals surface area (Å²) < 4.78 is 26.8. The summed E-state index contributed by atoms with van der Waals surface area (Å²) in [5.41, 5.74) is 0.443. The van der Waals surface area contributed by atoms with Gasteiger partial charge in [-0.2, -0.15) is 0 Å². The molecule has 1 aromatic heterocycles. The highest BCUT2D eigenvalue weighted by molar-refractivity contribution is 7.89. The molecule has 1 aromatic carbocycles. The Morgan fingerprint density at radius 2 is 1.91 bits per heavy atom. The zero-order chi connectivity index (χ0) is 16.4. The number of rotatable bonds is 6. The third-order valence-electron chi connectivity index (χ3n) is 3.64. The van der Waals surface area contributed by atoms with E-state index < -0.39 is 10.0 Å². The first-order valence-corrected chi connectivity index (χ1v) is 9.78. The molecule has 23 heavy (non-hydrogen) atoms. The molecular formula is C16H18N2O3S2. The molecule has 0 radical (unpaired) electrons. The largest absolute Gasteiger partial charge is 0.345 e. The zero-order valence-electron chi connectivity index (χ0n) is 12.7. The van der Waals surface area contributed by atoms with Gasteiger partial charge in [0.2, 0.25) is 10.0 Å². The van der Waals surface area contributed by atoms with Crippen molar-refractivity contribution >= 4 is 27.3 Å². The summed E-state index contributed by atoms with van der Waals surface area (Å²) in [6, 6.07) is 9.90. The van der Waals surface area contributed by atoms with Crippen molar-refractivity contribution in [3.05, 3.63) is 52.2 Å². The van der Waals surface area contributed by atoms with Crippen LogP contribution in [0.2, 0.25) is 0 Å². The molecular weight excluding hydrogens is 332 g/mol. The van der Waals surface area contributed by atoms with E-state index in [1.165, 1.54) is 24.3 Å². The van der Waals surface area contributed by atoms with Gasteiger partial charge in [0.1, 0.15) is 0 Å². The Morgan fingerprint density at radius 3 is 2.48 bits per heavy atom. The number of thiophene rings is 1. The molecule has 2 aromatic rings. The van der Waals surface area contributed by atoms with Crippen molar-refractivity contribution in [2.24, 2.45) is 0 Å². The summed E-state index contributed by atoms with van der Waals surface area (Å²) in [5.74, 6) is -0.218. The number of benzene rings is 1. The van der Waals surface area contributed by atoms with Gasteiger partial charge in [0.15, 0.2) is 0 Å². The van der Waals surface area contributed by atoms with Gasteiger partial charge in [-0.3, -0.25) is 4.79 Å². The van der Waals surface area contributed by atoms with E-state index in [0.29, 0.717) is 5.56 Å². The number of carbonyl (C=O) groups excluding carboxylic acids is 1. The van der Waals surface area contributed by atoms with Crippen molar-refractivity contribution < 1.29 is 13.2 Å². The highest BCUT2D eigenvalue weighted by atomic mass is 32.2. The van der Waals surface area contributed by atoms with Gasteiger partial charge >= 0.3 is 0 Å². The van der Waals surface area contributed by atoms with Crippen LogP contribution in [0, 0.1) is 0 Å². The lowest BCUT2D eigenvalue weighted by atomic mass is 10.2. The van der Waals surface area contributed by atoms with Crippen molar-refractivity contribution in [3.63, 3.8) is 0 Å². The second kappa shape index (κ2) is 6.43. The first-order valence-electron chi connectivity index (χ1n) is 7.42. The Morgan fingerprint density at radius 1 is 1.22 bits per heavy atom. The van der Waals surface area contributed by atoms with Crippen molar-refractivity contribution in [1.29, 1.82) is 0 Å². The molecule has 0 spiro atoms. The number of hydrogen-bond donors (Lipinski definition) is 2. The molecule has 1 heterocycles. The van der Waals surface area contributed by atoms with Crippen molar-refractivity contribution in [3.8, 4) is 0 Å². The minimum Gasteiger partial charge on any atom is -0.345 e. The van der Waals surface area contributed by atoms with Gasteiger partial charge in [0.05, 0.1) is 10.9 Å². The van der Waals surface area contributed by atoms with Crippen LogP contribution in [-0.2, 0) is 10.0 Å². The monoisotopic (exact) mass is 350 g/mol. The fraction of sp³-hybridized carbons (Fsp3) is 0.312. The van der Waals surface area contributed by atoms with Gasteiger partial charge < -0.3 is 5.32 Å². The van der Waals surface area contributed by atoms with Crippen LogP contribution in [0.25, 0.3) is 0 Å². The summed E-state index contributed by atoms with van der Waals surface area (Å²) in [5, 5.41) is 4.87. The zero-order valence-corrected chi connectivity index (χ0v) is 14.3. The maximum atomic E-state index is 12.2. The SMILES string of the molecule is CC(NC(=O)c1ccc(S(=O)(=O)NC2CC2)cc1)c1cccs1. The maximum absolute atomic E-state index is 12.2. The highest BCUT2D eigenvalue weighted by Crippen LogP contribution is 2.22. The van der Waals surface area contributed by atoms with Crippen LogP contribution >= 0.6 is 11.3 Å². The van der Waals surface area contributed by atoms with Crippen LogP contribution < -0.4 is 10.0 Å². The van der Waals surface area contributed by atoms with Crippen molar-refractivity contribution in [2.75, 3.05) is 0 Å². The molecule has 1 saturated carbocycles. The number of nitrogens with one attached hydrogen (secondary N) is 2. The molecule has 1 atom stereocenters. The van der Waals surface area contributed by atoms with Crippen LogP contribution in [0.5, 0.6) is 0 Å². The molecule has 1 fully saturated rings. The Balaban J connectivity index is 1.67. The molecule has 2 N–H and O–H groups in total. The average Bonchev–Trinajstić information content (AvgIpc) is 3.15. The van der Waals surface area contributed by atoms with E-state index in [9.17, 15) is 13.2 Å². The lowest BCUT2D eigenvalue weighted by Crippen LogP contribution is -2.27. The molecule has 0 bridgehead atoms. The number of sulfonamides is 1. The first-order chi connectivity index (χ1) is 11.0. The normalized spacial score (nSPS) is 16.0. The van der Waals surface area contributed by atoms with Gasteiger partial charge in [-0.25, -0.2) is 13.1 Å². The van der Waals surface area contributed by atoms with Gasteiger partial charge in [0, 0.05) is 16.5 Å². The van der Waals surface area contributed by atoms with Gasteiger partial charge in [-0.15, -0.1) is 11.3 Å². The molecule has 122 valence electrons. The van der Waals surface area contributed by atoms with Crippen LogP contribution in [0.1, 0.15) is 41.0 Å². The molecule has 3 rings (SSSR count). The molecule has 0 saturated heterocycles. The summed E-state index contributed by atoms with van der Waals surface area (Å²) in [6.45, 7) is 1.92. The second-order valence-corrected chi connectivity index (χ2v) is 8.32. The summed E-state index contributed by atoms with van der Waals surface area (Å²) in [6.07, 6.45) is 1.78. The van der Waals surface area contributed by atoms with E-state index in [-0.39, 0.29) is 22.9 Å². The summed E-state index contributed by atoms with van der Waals surface area (Å²) in [7, 11) is -3.48. The van der Waals surface area contributed by atoms with Crippen LogP contribution in [0.15, 0.2) is 46.7 Å². The van der Waals surface area contributed by atoms with Crippen LogP contribution in [0.4, 0.5) is 0 Å². The Labute approximate surface area is 139 Å². The minimum atomic E-state index is -3.48. The smallest absolute Gasteiger partial charge is 0.251 e. The topological polar surface area (TPSA) is 75.3 Å². The Hall–Kier alpha value is -1.70. The summed E-state index contributed by atoms with van der Waals surface area (Å²) in [4.78, 5) is 13.5. The van der Waals surface area contributed by atoms with Crippen LogP contribution in [0.3, 0.4) is 0 Å². The van der Waals surface area contributed by atoms with E-state index >= 15 is 0 Å². The van der Waals surface area contributed by atoms with Crippen molar-refractivity contribution in [1.82, 2.24) is 10.0 Å². The Kier molecular flexibility index (Phi) is 4.52. The lowest BCUT2D eigenvalue weighted by Gasteiger charge is -2.12. The summed E-state index contributed by atoms with van der Waals surface area (Å²) >= 11 is 1.58. The third kappa shape index (κ3) is 3.99. The number of hydrogen-bond acceptors (Lipinski definition) is 4. The second-order valence-electron chi connectivity index (χ2n) is 5.63. The standard InChI is InChI=1S/C16H18N2O3S2/c1-11(15-3-2-10-22-15)17-16(19)12-4-8-14(9-5-12)23(20,21)18-13-6-7-13/h2-5,8-11,13,18H,6-7H2,1H3,(H,17,19). The quantitative estimate of drug-likeness (QED) is 0.841. The molecule has 1 unspecified atom stereocenters. The van der Waals surface area contributed by atoms with E-state index in [1.54, 1.807) is 11.3 Å². The minimum absolute atomic E-state index is 0.0645. The van der Waals surface area contributed by atoms with E-state index in [2.05, 4.69) is 10.0 Å². The van der Waals surface area contributed by atoms with Gasteiger partial charge in [-0.1, -0.05) is 6.07 Å². The Bertz CT molecular complexity index is 779. The first kappa shape index (κ1) is 16.2. The van der Waals surface area contributed by atoms with E-state index in [4.69, 9.17) is 0 Å². The lowest BCUT2D eigenvalue weighted by molar-refractivity contribution is 0.0940. The molecule has 5 nitrogen and oxygen atoms in total. The molecule has 1 aliphatic carbocycles. The fourth-order valence-electron chi connectivity index (χ4n) is 2.16. The molecule has 1 aliphatic rings. The van der Waals surface area contributed by atoms with Gasteiger partial charge in [0.25, 0.3) is 5.91 Å². The highest BCUT2D eigenvalue weighted by Gasteiger charge is 2.28. The number of amides is 1. The predicted octanol–water partition coefficient (Wildman–Crippen LogP) is 2.68. The molecule has 0 aliphatic heterocycles.